The molecule has 70 valence electrons. The van der Waals surface area contributed by atoms with Crippen LogP contribution in [0.5, 0.6) is 0 Å². The molecule has 0 aliphatic rings. The van der Waals surface area contributed by atoms with Crippen molar-refractivity contribution in [1.29, 1.82) is 0 Å². The summed E-state index contributed by atoms with van der Waals surface area (Å²) in [5.41, 5.74) is 4.85. The summed E-state index contributed by atoms with van der Waals surface area (Å²) in [6.45, 7) is 2.27. The summed E-state index contributed by atoms with van der Waals surface area (Å²) in [6.07, 6.45) is 0. The van der Waals surface area contributed by atoms with Crippen LogP contribution in [0, 0.1) is 5.92 Å². The highest BCUT2D eigenvalue weighted by Crippen LogP contribution is 1.90. The predicted octanol–water partition coefficient (Wildman–Crippen LogP) is -1.56. The Hall–Kier alpha value is -1.10. The molecule has 0 aromatic heterocycles. The van der Waals surface area contributed by atoms with E-state index < -0.39 is 5.91 Å². The van der Waals surface area contributed by atoms with Crippen LogP contribution in [-0.2, 0) is 9.59 Å². The minimum absolute atomic E-state index is 0.0904. The lowest BCUT2D eigenvalue weighted by atomic mass is 10.1. The van der Waals surface area contributed by atoms with Crippen molar-refractivity contribution in [1.82, 2.24) is 10.6 Å². The fourth-order valence-corrected chi connectivity index (χ4v) is 0.747. The highest BCUT2D eigenvalue weighted by Gasteiger charge is 2.11. The number of rotatable bonds is 5. The Morgan fingerprint density at radius 2 is 2.08 bits per heavy atom. The molecule has 4 N–H and O–H groups in total. The summed E-state index contributed by atoms with van der Waals surface area (Å²) in [5.74, 6) is -0.836. The van der Waals surface area contributed by atoms with Crippen molar-refractivity contribution < 1.29 is 9.59 Å². The molecule has 2 amide bonds. The van der Waals surface area contributed by atoms with Gasteiger partial charge in [-0.1, -0.05) is 6.92 Å². The first-order valence-electron chi connectivity index (χ1n) is 3.78. The van der Waals surface area contributed by atoms with Crippen molar-refractivity contribution in [3.05, 3.63) is 0 Å². The first-order valence-corrected chi connectivity index (χ1v) is 3.78. The molecule has 1 atom stereocenters. The molecule has 5 heteroatoms. The molecule has 0 aromatic carbocycles. The van der Waals surface area contributed by atoms with Gasteiger partial charge < -0.3 is 16.4 Å². The number of amides is 2. The molecular weight excluding hydrogens is 158 g/mol. The van der Waals surface area contributed by atoms with Crippen LogP contribution >= 0.6 is 0 Å². The largest absolute Gasteiger partial charge is 0.368 e. The summed E-state index contributed by atoms with van der Waals surface area (Å²) in [6, 6.07) is 0. The molecule has 0 saturated heterocycles. The first-order chi connectivity index (χ1) is 5.57. The van der Waals surface area contributed by atoms with E-state index in [0.29, 0.717) is 6.54 Å². The molecular formula is C7H15N3O2. The predicted molar refractivity (Wildman–Crippen MR) is 45.3 cm³/mol. The van der Waals surface area contributed by atoms with Gasteiger partial charge in [0, 0.05) is 12.5 Å². The lowest BCUT2D eigenvalue weighted by Gasteiger charge is -2.09. The van der Waals surface area contributed by atoms with E-state index in [4.69, 9.17) is 5.73 Å². The monoisotopic (exact) mass is 173 g/mol. The molecule has 0 spiro atoms. The summed E-state index contributed by atoms with van der Waals surface area (Å²) in [4.78, 5) is 21.4. The van der Waals surface area contributed by atoms with Gasteiger partial charge in [-0.3, -0.25) is 9.59 Å². The van der Waals surface area contributed by atoms with Gasteiger partial charge in [-0.05, 0) is 7.05 Å². The van der Waals surface area contributed by atoms with Gasteiger partial charge in [0.2, 0.25) is 11.8 Å². The van der Waals surface area contributed by atoms with Crippen molar-refractivity contribution in [2.24, 2.45) is 11.7 Å². The van der Waals surface area contributed by atoms with E-state index in [1.54, 1.807) is 14.0 Å². The molecule has 0 aromatic rings. The maximum absolute atomic E-state index is 11.1. The van der Waals surface area contributed by atoms with Crippen LogP contribution in [0.1, 0.15) is 6.92 Å². The molecule has 1 unspecified atom stereocenters. The molecule has 0 aliphatic heterocycles. The van der Waals surface area contributed by atoms with Crippen LogP contribution in [0.4, 0.5) is 0 Å². The quantitative estimate of drug-likeness (QED) is 0.470. The van der Waals surface area contributed by atoms with Gasteiger partial charge in [0.1, 0.15) is 0 Å². The smallest absolute Gasteiger partial charge is 0.236 e. The second-order valence-electron chi connectivity index (χ2n) is 2.64. The van der Waals surface area contributed by atoms with E-state index in [1.165, 1.54) is 0 Å². The molecule has 0 bridgehead atoms. The van der Waals surface area contributed by atoms with Gasteiger partial charge >= 0.3 is 0 Å². The fourth-order valence-electron chi connectivity index (χ4n) is 0.747. The van der Waals surface area contributed by atoms with Gasteiger partial charge in [-0.25, -0.2) is 0 Å². The maximum atomic E-state index is 11.1. The van der Waals surface area contributed by atoms with Crippen LogP contribution in [-0.4, -0.2) is 32.0 Å². The Morgan fingerprint density at radius 1 is 1.50 bits per heavy atom. The number of hydrogen-bond donors (Lipinski definition) is 3. The van der Waals surface area contributed by atoms with Gasteiger partial charge in [-0.2, -0.15) is 0 Å². The molecule has 0 aliphatic carbocycles. The zero-order valence-electron chi connectivity index (χ0n) is 7.39. The summed E-state index contributed by atoms with van der Waals surface area (Å²) in [5, 5.41) is 5.27. The summed E-state index contributed by atoms with van der Waals surface area (Å²) >= 11 is 0. The van der Waals surface area contributed by atoms with Crippen LogP contribution in [0.3, 0.4) is 0 Å². The van der Waals surface area contributed by atoms with Gasteiger partial charge in [-0.15, -0.1) is 0 Å². The molecule has 0 saturated carbocycles. The minimum Gasteiger partial charge on any atom is -0.368 e. The minimum atomic E-state index is -0.528. The topological polar surface area (TPSA) is 84.2 Å². The second kappa shape index (κ2) is 5.54. The third kappa shape index (κ3) is 4.68. The number of nitrogens with one attached hydrogen (secondary N) is 2. The first kappa shape index (κ1) is 10.9. The second-order valence-corrected chi connectivity index (χ2v) is 2.64. The summed E-state index contributed by atoms with van der Waals surface area (Å²) in [7, 11) is 1.76. The highest BCUT2D eigenvalue weighted by atomic mass is 16.2. The average Bonchev–Trinajstić information content (AvgIpc) is 2.00. The molecule has 0 radical (unpaired) electrons. The lowest BCUT2D eigenvalue weighted by Crippen LogP contribution is -2.39. The van der Waals surface area contributed by atoms with Crippen LogP contribution in [0.25, 0.3) is 0 Å². The Balaban J connectivity index is 3.64. The van der Waals surface area contributed by atoms with E-state index in [0.717, 1.165) is 0 Å². The summed E-state index contributed by atoms with van der Waals surface area (Å²) < 4.78 is 0. The Kier molecular flexibility index (Phi) is 5.03. The van der Waals surface area contributed by atoms with Crippen molar-refractivity contribution in [2.75, 3.05) is 20.1 Å². The van der Waals surface area contributed by atoms with Crippen molar-refractivity contribution in [3.63, 3.8) is 0 Å². The van der Waals surface area contributed by atoms with E-state index in [9.17, 15) is 9.59 Å². The maximum Gasteiger partial charge on any atom is 0.236 e. The Morgan fingerprint density at radius 3 is 2.50 bits per heavy atom. The number of nitrogens with two attached hydrogens (primary N) is 1. The molecule has 5 nitrogen and oxygen atoms in total. The van der Waals surface area contributed by atoms with Gasteiger partial charge in [0.05, 0.1) is 6.54 Å². The number of carbonyl (C=O) groups excluding carboxylic acids is 2. The average molecular weight is 173 g/mol. The van der Waals surface area contributed by atoms with Crippen molar-refractivity contribution >= 4 is 11.8 Å². The number of carbonyl (C=O) groups is 2. The van der Waals surface area contributed by atoms with Crippen molar-refractivity contribution in [3.8, 4) is 0 Å². The molecule has 0 heterocycles. The molecule has 0 rings (SSSR count). The third-order valence-electron chi connectivity index (χ3n) is 1.39. The van der Waals surface area contributed by atoms with Crippen LogP contribution in [0.2, 0.25) is 0 Å². The zero-order chi connectivity index (χ0) is 9.56. The van der Waals surface area contributed by atoms with Crippen LogP contribution in [0.15, 0.2) is 0 Å². The van der Waals surface area contributed by atoms with Crippen LogP contribution < -0.4 is 16.4 Å². The normalized spacial score (nSPS) is 12.2. The lowest BCUT2D eigenvalue weighted by molar-refractivity contribution is -0.127. The van der Waals surface area contributed by atoms with Gasteiger partial charge in [0.25, 0.3) is 0 Å². The van der Waals surface area contributed by atoms with Gasteiger partial charge in [0.15, 0.2) is 0 Å². The van der Waals surface area contributed by atoms with E-state index in [-0.39, 0.29) is 18.4 Å². The number of primary amides is 1. The van der Waals surface area contributed by atoms with E-state index >= 15 is 0 Å². The Bertz CT molecular complexity index is 170. The number of hydrogen-bond acceptors (Lipinski definition) is 3. The van der Waals surface area contributed by atoms with E-state index in [1.807, 2.05) is 0 Å². The SMILES string of the molecule is CNCC(C)C(=O)NCC(N)=O. The third-order valence-corrected chi connectivity index (χ3v) is 1.39. The zero-order valence-corrected chi connectivity index (χ0v) is 7.39. The fraction of sp³-hybridized carbons (Fsp3) is 0.714. The highest BCUT2D eigenvalue weighted by molar-refractivity contribution is 5.84. The Labute approximate surface area is 71.7 Å². The van der Waals surface area contributed by atoms with E-state index in [2.05, 4.69) is 10.6 Å². The molecule has 0 fully saturated rings. The standard InChI is InChI=1S/C7H15N3O2/c1-5(3-9-2)7(12)10-4-6(8)11/h5,9H,3-4H2,1-2H3,(H2,8,11)(H,10,12). The van der Waals surface area contributed by atoms with Crippen molar-refractivity contribution in [2.45, 2.75) is 6.92 Å². The molecule has 12 heavy (non-hydrogen) atoms.